The van der Waals surface area contributed by atoms with Gasteiger partial charge < -0.3 is 4.74 Å². The molecule has 0 bridgehead atoms. The first-order chi connectivity index (χ1) is 11.5. The lowest BCUT2D eigenvalue weighted by Crippen LogP contribution is -2.44. The second kappa shape index (κ2) is 7.19. The standard InChI is InChI=1S/C15H14BrN3O3S2/c16-13-3-4-15(23-13)24(20,21)19-7-1-2-12(10-19)22-14-8-11(9-17)5-6-18-14/h3-6,8,12H,1-2,7,10H2/t12-/m1/s1. The fourth-order valence-electron chi connectivity index (χ4n) is 2.50. The number of nitriles is 1. The molecule has 0 N–H and O–H groups in total. The quantitative estimate of drug-likeness (QED) is 0.748. The normalized spacial score (nSPS) is 18.9. The van der Waals surface area contributed by atoms with E-state index < -0.39 is 10.0 Å². The number of aromatic nitrogens is 1. The minimum atomic E-state index is -3.51. The number of hydrogen-bond acceptors (Lipinski definition) is 6. The molecule has 0 radical (unpaired) electrons. The van der Waals surface area contributed by atoms with Crippen molar-refractivity contribution in [1.29, 1.82) is 5.26 Å². The molecule has 0 unspecified atom stereocenters. The minimum absolute atomic E-state index is 0.274. The molecule has 3 heterocycles. The molecule has 0 aliphatic carbocycles. The molecular formula is C15H14BrN3O3S2. The van der Waals surface area contributed by atoms with E-state index in [1.165, 1.54) is 21.8 Å². The Morgan fingerprint density at radius 1 is 1.42 bits per heavy atom. The van der Waals surface area contributed by atoms with Gasteiger partial charge >= 0.3 is 0 Å². The number of pyridine rings is 1. The van der Waals surface area contributed by atoms with Gasteiger partial charge in [0.2, 0.25) is 5.88 Å². The molecule has 1 aliphatic rings. The van der Waals surface area contributed by atoms with Crippen molar-refractivity contribution in [3.8, 4) is 11.9 Å². The number of rotatable bonds is 4. The molecule has 0 spiro atoms. The number of sulfonamides is 1. The van der Waals surface area contributed by atoms with Crippen molar-refractivity contribution >= 4 is 37.3 Å². The minimum Gasteiger partial charge on any atom is -0.473 e. The van der Waals surface area contributed by atoms with Crippen LogP contribution in [0.3, 0.4) is 0 Å². The lowest BCUT2D eigenvalue weighted by Gasteiger charge is -2.31. The van der Waals surface area contributed by atoms with E-state index >= 15 is 0 Å². The fourth-order valence-corrected chi connectivity index (χ4v) is 6.17. The molecule has 6 nitrogen and oxygen atoms in total. The van der Waals surface area contributed by atoms with Crippen LogP contribution in [0, 0.1) is 11.3 Å². The monoisotopic (exact) mass is 427 g/mol. The van der Waals surface area contributed by atoms with E-state index in [0.29, 0.717) is 28.6 Å². The maximum absolute atomic E-state index is 12.7. The van der Waals surface area contributed by atoms with E-state index in [-0.39, 0.29) is 12.6 Å². The smallest absolute Gasteiger partial charge is 0.252 e. The van der Waals surface area contributed by atoms with Crippen LogP contribution in [0.15, 0.2) is 38.5 Å². The van der Waals surface area contributed by atoms with Crippen LogP contribution < -0.4 is 4.74 Å². The summed E-state index contributed by atoms with van der Waals surface area (Å²) in [7, 11) is -3.51. The molecule has 126 valence electrons. The zero-order chi connectivity index (χ0) is 17.2. The Balaban J connectivity index is 1.73. The van der Waals surface area contributed by atoms with Crippen molar-refractivity contribution in [1.82, 2.24) is 9.29 Å². The van der Waals surface area contributed by atoms with Gasteiger partial charge in [0, 0.05) is 18.8 Å². The van der Waals surface area contributed by atoms with Gasteiger partial charge in [0.1, 0.15) is 10.3 Å². The van der Waals surface area contributed by atoms with Crippen molar-refractivity contribution in [3.05, 3.63) is 39.8 Å². The highest BCUT2D eigenvalue weighted by Gasteiger charge is 2.32. The number of piperidine rings is 1. The maximum atomic E-state index is 12.7. The number of nitrogens with zero attached hydrogens (tertiary/aromatic N) is 3. The van der Waals surface area contributed by atoms with Crippen molar-refractivity contribution < 1.29 is 13.2 Å². The summed E-state index contributed by atoms with van der Waals surface area (Å²) in [6, 6.07) is 8.52. The predicted octanol–water partition coefficient (Wildman–Crippen LogP) is 3.01. The third-order valence-electron chi connectivity index (χ3n) is 3.63. The zero-order valence-corrected chi connectivity index (χ0v) is 15.8. The summed E-state index contributed by atoms with van der Waals surface area (Å²) in [5.41, 5.74) is 0.462. The summed E-state index contributed by atoms with van der Waals surface area (Å²) < 4.78 is 33.7. The molecule has 2 aromatic rings. The second-order valence-corrected chi connectivity index (χ2v) is 9.93. The molecule has 1 aliphatic heterocycles. The Bertz CT molecular complexity index is 876. The van der Waals surface area contributed by atoms with E-state index in [1.807, 2.05) is 6.07 Å². The highest BCUT2D eigenvalue weighted by Crippen LogP contribution is 2.30. The van der Waals surface area contributed by atoms with Crippen LogP contribution in [0.1, 0.15) is 18.4 Å². The Labute approximate surface area is 152 Å². The zero-order valence-electron chi connectivity index (χ0n) is 12.6. The lowest BCUT2D eigenvalue weighted by molar-refractivity contribution is 0.125. The average Bonchev–Trinajstić information content (AvgIpc) is 3.02. The molecule has 0 saturated carbocycles. The highest BCUT2D eigenvalue weighted by atomic mass is 79.9. The van der Waals surface area contributed by atoms with Crippen molar-refractivity contribution in [3.63, 3.8) is 0 Å². The molecule has 3 rings (SSSR count). The molecule has 9 heteroatoms. The second-order valence-electron chi connectivity index (χ2n) is 5.30. The Hall–Kier alpha value is -1.47. The van der Waals surface area contributed by atoms with Gasteiger partial charge in [0.05, 0.1) is 22.0 Å². The molecule has 0 amide bonds. The van der Waals surface area contributed by atoms with Gasteiger partial charge in [0.15, 0.2) is 0 Å². The molecule has 24 heavy (non-hydrogen) atoms. The Morgan fingerprint density at radius 2 is 2.25 bits per heavy atom. The van der Waals surface area contributed by atoms with Crippen LogP contribution in [-0.4, -0.2) is 36.9 Å². The van der Waals surface area contributed by atoms with Crippen molar-refractivity contribution in [2.24, 2.45) is 0 Å². The molecule has 1 atom stereocenters. The molecule has 1 fully saturated rings. The van der Waals surface area contributed by atoms with Crippen molar-refractivity contribution in [2.75, 3.05) is 13.1 Å². The van der Waals surface area contributed by atoms with E-state index in [9.17, 15) is 8.42 Å². The van der Waals surface area contributed by atoms with Gasteiger partial charge in [-0.1, -0.05) is 0 Å². The summed E-state index contributed by atoms with van der Waals surface area (Å²) in [6.45, 7) is 0.750. The van der Waals surface area contributed by atoms with Crippen molar-refractivity contribution in [2.45, 2.75) is 23.2 Å². The van der Waals surface area contributed by atoms with Crippen LogP contribution in [0.5, 0.6) is 5.88 Å². The number of halogens is 1. The van der Waals surface area contributed by atoms with Crippen LogP contribution in [-0.2, 0) is 10.0 Å². The number of ether oxygens (including phenoxy) is 1. The van der Waals surface area contributed by atoms with Gasteiger partial charge in [-0.05, 0) is 47.0 Å². The van der Waals surface area contributed by atoms with Crippen LogP contribution in [0.4, 0.5) is 0 Å². The van der Waals surface area contributed by atoms with Crippen LogP contribution >= 0.6 is 27.3 Å². The molecule has 0 aromatic carbocycles. The summed E-state index contributed by atoms with van der Waals surface area (Å²) in [6.07, 6.45) is 2.69. The van der Waals surface area contributed by atoms with E-state index in [4.69, 9.17) is 10.00 Å². The van der Waals surface area contributed by atoms with Gasteiger partial charge in [-0.25, -0.2) is 13.4 Å². The lowest BCUT2D eigenvalue weighted by atomic mass is 10.1. The van der Waals surface area contributed by atoms with Gasteiger partial charge in [0.25, 0.3) is 10.0 Å². The van der Waals surface area contributed by atoms with E-state index in [0.717, 1.165) is 10.2 Å². The average molecular weight is 428 g/mol. The summed E-state index contributed by atoms with van der Waals surface area (Å²) in [4.78, 5) is 4.08. The molecular weight excluding hydrogens is 414 g/mol. The van der Waals surface area contributed by atoms with Crippen LogP contribution in [0.2, 0.25) is 0 Å². The number of hydrogen-bond donors (Lipinski definition) is 0. The first-order valence-electron chi connectivity index (χ1n) is 7.27. The Morgan fingerprint density at radius 3 is 2.96 bits per heavy atom. The summed E-state index contributed by atoms with van der Waals surface area (Å²) in [5.74, 6) is 0.345. The summed E-state index contributed by atoms with van der Waals surface area (Å²) >= 11 is 4.49. The largest absolute Gasteiger partial charge is 0.473 e. The highest BCUT2D eigenvalue weighted by molar-refractivity contribution is 9.11. The van der Waals surface area contributed by atoms with E-state index in [1.54, 1.807) is 24.3 Å². The number of thiophene rings is 1. The third kappa shape index (κ3) is 3.78. The summed E-state index contributed by atoms with van der Waals surface area (Å²) in [5, 5.41) is 8.92. The fraction of sp³-hybridized carbons (Fsp3) is 0.333. The van der Waals surface area contributed by atoms with Crippen LogP contribution in [0.25, 0.3) is 0 Å². The van der Waals surface area contributed by atoms with Gasteiger partial charge in [-0.2, -0.15) is 9.57 Å². The predicted molar refractivity (Wildman–Crippen MR) is 93.4 cm³/mol. The first kappa shape index (κ1) is 17.4. The van der Waals surface area contributed by atoms with E-state index in [2.05, 4.69) is 20.9 Å². The topological polar surface area (TPSA) is 83.3 Å². The van der Waals surface area contributed by atoms with Gasteiger partial charge in [-0.3, -0.25) is 0 Å². The SMILES string of the molecule is N#Cc1ccnc(O[C@@H]2CCCN(S(=O)(=O)c3ccc(Br)s3)C2)c1. The maximum Gasteiger partial charge on any atom is 0.252 e. The van der Waals surface area contributed by atoms with Gasteiger partial charge in [-0.15, -0.1) is 11.3 Å². The first-order valence-corrected chi connectivity index (χ1v) is 10.3. The molecule has 2 aromatic heterocycles. The Kier molecular flexibility index (Phi) is 5.20. The molecule has 1 saturated heterocycles. The third-order valence-corrected chi connectivity index (χ3v) is 7.59.